The van der Waals surface area contributed by atoms with Crippen LogP contribution in [0.3, 0.4) is 0 Å². The van der Waals surface area contributed by atoms with Crippen molar-refractivity contribution in [3.05, 3.63) is 0 Å². The van der Waals surface area contributed by atoms with Crippen molar-refractivity contribution in [2.75, 3.05) is 13.1 Å². The number of rotatable bonds is 5. The summed E-state index contributed by atoms with van der Waals surface area (Å²) in [7, 11) is 0. The second-order valence-corrected chi connectivity index (χ2v) is 4.37. The lowest BCUT2D eigenvalue weighted by atomic mass is 10.1. The SMILES string of the molecule is CC(C)CN(CC(C)C)C(C)O. The van der Waals surface area contributed by atoms with Crippen molar-refractivity contribution in [1.82, 2.24) is 4.90 Å². The van der Waals surface area contributed by atoms with Gasteiger partial charge < -0.3 is 5.11 Å². The smallest absolute Gasteiger partial charge is 0.104 e. The van der Waals surface area contributed by atoms with Crippen molar-refractivity contribution in [3.8, 4) is 0 Å². The van der Waals surface area contributed by atoms with Crippen LogP contribution in [0, 0.1) is 11.8 Å². The molecule has 12 heavy (non-hydrogen) atoms. The van der Waals surface area contributed by atoms with Crippen molar-refractivity contribution in [2.45, 2.75) is 40.8 Å². The van der Waals surface area contributed by atoms with Crippen LogP contribution in [0.25, 0.3) is 0 Å². The standard InChI is InChI=1S/C10H23NO/c1-8(2)6-11(10(5)12)7-9(3)4/h8-10,12H,6-7H2,1-5H3. The fourth-order valence-electron chi connectivity index (χ4n) is 1.32. The number of aliphatic hydroxyl groups is 1. The van der Waals surface area contributed by atoms with E-state index in [0.29, 0.717) is 11.8 Å². The van der Waals surface area contributed by atoms with Crippen LogP contribution in [-0.4, -0.2) is 29.3 Å². The van der Waals surface area contributed by atoms with E-state index in [9.17, 15) is 5.11 Å². The zero-order chi connectivity index (χ0) is 9.72. The molecular weight excluding hydrogens is 150 g/mol. The first kappa shape index (κ1) is 11.9. The number of hydrogen-bond acceptors (Lipinski definition) is 2. The van der Waals surface area contributed by atoms with Crippen molar-refractivity contribution >= 4 is 0 Å². The molecule has 0 aromatic heterocycles. The second-order valence-electron chi connectivity index (χ2n) is 4.37. The molecule has 0 fully saturated rings. The fraction of sp³-hybridized carbons (Fsp3) is 1.00. The van der Waals surface area contributed by atoms with E-state index < -0.39 is 0 Å². The average molecular weight is 173 g/mol. The van der Waals surface area contributed by atoms with Crippen molar-refractivity contribution in [1.29, 1.82) is 0 Å². The summed E-state index contributed by atoms with van der Waals surface area (Å²) in [6.07, 6.45) is -0.310. The maximum atomic E-state index is 9.44. The van der Waals surface area contributed by atoms with Crippen LogP contribution in [0.15, 0.2) is 0 Å². The van der Waals surface area contributed by atoms with Gasteiger partial charge in [-0.05, 0) is 18.8 Å². The van der Waals surface area contributed by atoms with Gasteiger partial charge in [-0.25, -0.2) is 0 Å². The molecule has 1 unspecified atom stereocenters. The highest BCUT2D eigenvalue weighted by atomic mass is 16.3. The van der Waals surface area contributed by atoms with Crippen LogP contribution in [0.4, 0.5) is 0 Å². The molecule has 0 aromatic rings. The molecule has 2 heteroatoms. The van der Waals surface area contributed by atoms with Gasteiger partial charge in [0, 0.05) is 13.1 Å². The summed E-state index contributed by atoms with van der Waals surface area (Å²) in [4.78, 5) is 2.12. The summed E-state index contributed by atoms with van der Waals surface area (Å²) < 4.78 is 0. The Morgan fingerprint density at radius 1 is 0.917 bits per heavy atom. The molecule has 0 aliphatic carbocycles. The summed E-state index contributed by atoms with van der Waals surface area (Å²) in [5.41, 5.74) is 0. The lowest BCUT2D eigenvalue weighted by molar-refractivity contribution is 0.00368. The molecular formula is C10H23NO. The molecule has 0 saturated carbocycles. The second kappa shape index (κ2) is 5.55. The molecule has 74 valence electrons. The Labute approximate surface area is 76.6 Å². The average Bonchev–Trinajstić information content (AvgIpc) is 1.83. The lowest BCUT2D eigenvalue weighted by Gasteiger charge is -2.28. The quantitative estimate of drug-likeness (QED) is 0.642. The lowest BCUT2D eigenvalue weighted by Crippen LogP contribution is -2.38. The zero-order valence-corrected chi connectivity index (χ0v) is 9.04. The van der Waals surface area contributed by atoms with Crippen molar-refractivity contribution in [2.24, 2.45) is 11.8 Å². The molecule has 0 bridgehead atoms. The predicted octanol–water partition coefficient (Wildman–Crippen LogP) is 1.94. The molecule has 0 amide bonds. The molecule has 0 aliphatic heterocycles. The van der Waals surface area contributed by atoms with Crippen LogP contribution in [0.2, 0.25) is 0 Å². The first-order valence-electron chi connectivity index (χ1n) is 4.85. The van der Waals surface area contributed by atoms with Crippen LogP contribution >= 0.6 is 0 Å². The van der Waals surface area contributed by atoms with Gasteiger partial charge in [-0.2, -0.15) is 0 Å². The summed E-state index contributed by atoms with van der Waals surface area (Å²) in [6.45, 7) is 12.5. The largest absolute Gasteiger partial charge is 0.379 e. The highest BCUT2D eigenvalue weighted by Crippen LogP contribution is 2.06. The van der Waals surface area contributed by atoms with Gasteiger partial charge in [0.15, 0.2) is 0 Å². The third-order valence-corrected chi connectivity index (χ3v) is 1.73. The third-order valence-electron chi connectivity index (χ3n) is 1.73. The molecule has 2 nitrogen and oxygen atoms in total. The van der Waals surface area contributed by atoms with Gasteiger partial charge >= 0.3 is 0 Å². The minimum Gasteiger partial charge on any atom is -0.379 e. The minimum absolute atomic E-state index is 0.310. The zero-order valence-electron chi connectivity index (χ0n) is 9.04. The Hall–Kier alpha value is -0.0800. The fourth-order valence-corrected chi connectivity index (χ4v) is 1.32. The van der Waals surface area contributed by atoms with E-state index in [1.807, 2.05) is 6.92 Å². The molecule has 0 saturated heterocycles. The Bertz CT molecular complexity index is 100. The number of hydrogen-bond donors (Lipinski definition) is 1. The van der Waals surface area contributed by atoms with E-state index in [1.54, 1.807) is 0 Å². The topological polar surface area (TPSA) is 23.5 Å². The molecule has 0 radical (unpaired) electrons. The van der Waals surface area contributed by atoms with E-state index >= 15 is 0 Å². The normalized spacial score (nSPS) is 14.8. The molecule has 0 spiro atoms. The first-order chi connectivity index (χ1) is 5.43. The van der Waals surface area contributed by atoms with Gasteiger partial charge in [0.25, 0.3) is 0 Å². The van der Waals surface area contributed by atoms with E-state index in [4.69, 9.17) is 0 Å². The minimum atomic E-state index is -0.310. The van der Waals surface area contributed by atoms with Gasteiger partial charge in [0.1, 0.15) is 6.23 Å². The first-order valence-corrected chi connectivity index (χ1v) is 4.85. The molecule has 0 heterocycles. The summed E-state index contributed by atoms with van der Waals surface area (Å²) in [5, 5.41) is 9.44. The summed E-state index contributed by atoms with van der Waals surface area (Å²) in [5.74, 6) is 1.25. The maximum Gasteiger partial charge on any atom is 0.104 e. The number of aliphatic hydroxyl groups excluding tert-OH is 1. The molecule has 1 atom stereocenters. The molecule has 0 aliphatic rings. The Kier molecular flexibility index (Phi) is 5.51. The Morgan fingerprint density at radius 2 is 1.25 bits per heavy atom. The van der Waals surface area contributed by atoms with Gasteiger partial charge in [0.2, 0.25) is 0 Å². The van der Waals surface area contributed by atoms with Gasteiger partial charge in [-0.15, -0.1) is 0 Å². The van der Waals surface area contributed by atoms with E-state index in [-0.39, 0.29) is 6.23 Å². The highest BCUT2D eigenvalue weighted by molar-refractivity contribution is 4.62. The van der Waals surface area contributed by atoms with Crippen LogP contribution < -0.4 is 0 Å². The molecule has 0 aromatic carbocycles. The van der Waals surface area contributed by atoms with Crippen LogP contribution in [0.5, 0.6) is 0 Å². The van der Waals surface area contributed by atoms with Crippen LogP contribution in [0.1, 0.15) is 34.6 Å². The Balaban J connectivity index is 3.87. The van der Waals surface area contributed by atoms with E-state index in [1.165, 1.54) is 0 Å². The molecule has 0 rings (SSSR count). The predicted molar refractivity (Wildman–Crippen MR) is 52.9 cm³/mol. The monoisotopic (exact) mass is 173 g/mol. The highest BCUT2D eigenvalue weighted by Gasteiger charge is 2.13. The number of nitrogens with zero attached hydrogens (tertiary/aromatic N) is 1. The summed E-state index contributed by atoms with van der Waals surface area (Å²) >= 11 is 0. The maximum absolute atomic E-state index is 9.44. The van der Waals surface area contributed by atoms with Gasteiger partial charge in [0.05, 0.1) is 0 Å². The van der Waals surface area contributed by atoms with Crippen molar-refractivity contribution in [3.63, 3.8) is 0 Å². The van der Waals surface area contributed by atoms with Gasteiger partial charge in [-0.3, -0.25) is 4.90 Å². The summed E-state index contributed by atoms with van der Waals surface area (Å²) in [6, 6.07) is 0. The van der Waals surface area contributed by atoms with Crippen LogP contribution in [-0.2, 0) is 0 Å². The van der Waals surface area contributed by atoms with E-state index in [2.05, 4.69) is 32.6 Å². The van der Waals surface area contributed by atoms with Crippen molar-refractivity contribution < 1.29 is 5.11 Å². The van der Waals surface area contributed by atoms with Gasteiger partial charge in [-0.1, -0.05) is 27.7 Å². The van der Waals surface area contributed by atoms with E-state index in [0.717, 1.165) is 13.1 Å². The molecule has 1 N–H and O–H groups in total. The Morgan fingerprint density at radius 3 is 1.42 bits per heavy atom. The third kappa shape index (κ3) is 5.56.